The van der Waals surface area contributed by atoms with Gasteiger partial charge in [0.1, 0.15) is 11.5 Å². The summed E-state index contributed by atoms with van der Waals surface area (Å²) in [5, 5.41) is 11.1. The van der Waals surface area contributed by atoms with Crippen molar-refractivity contribution in [3.8, 4) is 0 Å². The minimum absolute atomic E-state index is 0.00715. The quantitative estimate of drug-likeness (QED) is 0.480. The summed E-state index contributed by atoms with van der Waals surface area (Å²) in [6.07, 6.45) is 1.59. The Kier molecular flexibility index (Phi) is 4.14. The van der Waals surface area contributed by atoms with Crippen LogP contribution in [-0.2, 0) is 4.79 Å². The number of carbonyl (C=O) groups excluding carboxylic acids is 1. The monoisotopic (exact) mass is 341 g/mol. The van der Waals surface area contributed by atoms with Gasteiger partial charge in [0.05, 0.1) is 15.6 Å². The van der Waals surface area contributed by atoms with Gasteiger partial charge in [-0.25, -0.2) is 4.99 Å². The molecule has 0 unspecified atom stereocenters. The van der Waals surface area contributed by atoms with E-state index in [4.69, 9.17) is 11.6 Å². The van der Waals surface area contributed by atoms with Crippen molar-refractivity contribution in [1.82, 2.24) is 0 Å². The van der Waals surface area contributed by atoms with Crippen molar-refractivity contribution >= 4 is 40.8 Å². The van der Waals surface area contributed by atoms with Crippen molar-refractivity contribution in [2.24, 2.45) is 4.99 Å². The van der Waals surface area contributed by atoms with Gasteiger partial charge in [-0.3, -0.25) is 19.8 Å². The molecule has 0 spiro atoms. The lowest BCUT2D eigenvalue weighted by Crippen LogP contribution is -2.30. The molecule has 0 fully saturated rings. The number of non-ortho nitro benzene ring substituents is 1. The van der Waals surface area contributed by atoms with E-state index < -0.39 is 4.92 Å². The van der Waals surface area contributed by atoms with E-state index in [-0.39, 0.29) is 17.3 Å². The predicted molar refractivity (Wildman–Crippen MR) is 93.1 cm³/mol. The molecule has 1 amide bonds. The molecular weight excluding hydrogens is 330 g/mol. The maximum atomic E-state index is 12.6. The Morgan fingerprint density at radius 2 is 1.83 bits per heavy atom. The number of rotatable bonds is 3. The highest BCUT2D eigenvalue weighted by atomic mass is 35.5. The van der Waals surface area contributed by atoms with Crippen molar-refractivity contribution in [3.63, 3.8) is 0 Å². The number of amidine groups is 1. The van der Waals surface area contributed by atoms with Crippen LogP contribution in [0.3, 0.4) is 0 Å². The Balaban J connectivity index is 1.92. The predicted octanol–water partition coefficient (Wildman–Crippen LogP) is 4.05. The van der Waals surface area contributed by atoms with Gasteiger partial charge in [0.25, 0.3) is 11.6 Å². The number of nitro groups is 1. The summed E-state index contributed by atoms with van der Waals surface area (Å²) in [6.45, 7) is 1.72. The van der Waals surface area contributed by atoms with E-state index in [1.807, 2.05) is 0 Å². The van der Waals surface area contributed by atoms with Crippen LogP contribution < -0.4 is 4.90 Å². The minimum atomic E-state index is -0.473. The summed E-state index contributed by atoms with van der Waals surface area (Å²) >= 11 is 6.16. The maximum absolute atomic E-state index is 12.6. The lowest BCUT2D eigenvalue weighted by Gasteiger charge is -2.17. The molecule has 1 heterocycles. The molecule has 2 aromatic carbocycles. The summed E-state index contributed by atoms with van der Waals surface area (Å²) < 4.78 is 0. The van der Waals surface area contributed by atoms with Crippen LogP contribution in [0.4, 0.5) is 11.4 Å². The first kappa shape index (κ1) is 15.9. The fourth-order valence-electron chi connectivity index (χ4n) is 2.39. The van der Waals surface area contributed by atoms with Crippen molar-refractivity contribution < 1.29 is 9.72 Å². The zero-order chi connectivity index (χ0) is 17.3. The highest BCUT2D eigenvalue weighted by Gasteiger charge is 2.30. The van der Waals surface area contributed by atoms with E-state index in [1.54, 1.807) is 49.4 Å². The molecule has 7 heteroatoms. The summed E-state index contributed by atoms with van der Waals surface area (Å²) in [7, 11) is 0. The third kappa shape index (κ3) is 2.91. The second kappa shape index (κ2) is 6.25. The van der Waals surface area contributed by atoms with Gasteiger partial charge in [-0.1, -0.05) is 23.7 Å². The van der Waals surface area contributed by atoms with Gasteiger partial charge >= 0.3 is 0 Å². The van der Waals surface area contributed by atoms with Crippen LogP contribution in [0.5, 0.6) is 0 Å². The highest BCUT2D eigenvalue weighted by molar-refractivity contribution is 6.37. The first-order valence-electron chi connectivity index (χ1n) is 7.08. The summed E-state index contributed by atoms with van der Waals surface area (Å²) in [5.74, 6) is 0.222. The highest BCUT2D eigenvalue weighted by Crippen LogP contribution is 2.30. The molecule has 24 heavy (non-hydrogen) atoms. The second-order valence-electron chi connectivity index (χ2n) is 5.13. The van der Waals surface area contributed by atoms with Crippen LogP contribution in [0.25, 0.3) is 6.08 Å². The average Bonchev–Trinajstić information content (AvgIpc) is 2.83. The molecular formula is C17H12ClN3O3. The van der Waals surface area contributed by atoms with Gasteiger partial charge < -0.3 is 0 Å². The van der Waals surface area contributed by atoms with Crippen molar-refractivity contribution in [2.45, 2.75) is 6.92 Å². The van der Waals surface area contributed by atoms with Gasteiger partial charge in [0, 0.05) is 12.1 Å². The number of halogens is 1. The van der Waals surface area contributed by atoms with E-state index in [1.165, 1.54) is 17.0 Å². The van der Waals surface area contributed by atoms with Gasteiger partial charge in [-0.15, -0.1) is 0 Å². The molecule has 0 atom stereocenters. The standard InChI is InChI=1S/C17H12ClN3O3/c1-11-19-15(10-12-6-8-13(9-7-12)21(23)24)17(22)20(11)16-5-3-2-4-14(16)18/h2-10H,1H3. The zero-order valence-electron chi connectivity index (χ0n) is 12.6. The van der Waals surface area contributed by atoms with Crippen LogP contribution in [0.1, 0.15) is 12.5 Å². The largest absolute Gasteiger partial charge is 0.282 e. The van der Waals surface area contributed by atoms with Crippen LogP contribution in [0.15, 0.2) is 59.2 Å². The van der Waals surface area contributed by atoms with Crippen LogP contribution in [-0.4, -0.2) is 16.7 Å². The number of hydrogen-bond acceptors (Lipinski definition) is 4. The summed E-state index contributed by atoms with van der Waals surface area (Å²) in [6, 6.07) is 12.9. The molecule has 0 N–H and O–H groups in total. The van der Waals surface area contributed by atoms with Gasteiger partial charge in [-0.05, 0) is 42.8 Å². The Morgan fingerprint density at radius 3 is 2.46 bits per heavy atom. The van der Waals surface area contributed by atoms with Gasteiger partial charge in [0.2, 0.25) is 0 Å². The topological polar surface area (TPSA) is 75.8 Å². The number of anilines is 1. The first-order valence-corrected chi connectivity index (χ1v) is 7.45. The SMILES string of the molecule is CC1=NC(=Cc2ccc([N+](=O)[O-])cc2)C(=O)N1c1ccccc1Cl. The Hall–Kier alpha value is -2.99. The van der Waals surface area contributed by atoms with Gasteiger partial charge in [0.15, 0.2) is 0 Å². The molecule has 0 aromatic heterocycles. The summed E-state index contributed by atoms with van der Waals surface area (Å²) in [5.41, 5.74) is 1.47. The van der Waals surface area contributed by atoms with Crippen molar-refractivity contribution in [3.05, 3.63) is 74.9 Å². The minimum Gasteiger partial charge on any atom is -0.266 e. The maximum Gasteiger partial charge on any atom is 0.282 e. The van der Waals surface area contributed by atoms with Crippen molar-refractivity contribution in [1.29, 1.82) is 0 Å². The van der Waals surface area contributed by atoms with Crippen LogP contribution in [0, 0.1) is 10.1 Å². The Morgan fingerprint density at radius 1 is 1.17 bits per heavy atom. The fourth-order valence-corrected chi connectivity index (χ4v) is 2.61. The fraction of sp³-hybridized carbons (Fsp3) is 0.0588. The van der Waals surface area contributed by atoms with Crippen LogP contribution >= 0.6 is 11.6 Å². The van der Waals surface area contributed by atoms with Gasteiger partial charge in [-0.2, -0.15) is 0 Å². The smallest absolute Gasteiger partial charge is 0.266 e. The summed E-state index contributed by atoms with van der Waals surface area (Å²) in [4.78, 5) is 28.6. The molecule has 1 aliphatic heterocycles. The van der Waals surface area contributed by atoms with E-state index in [9.17, 15) is 14.9 Å². The number of nitro benzene ring substituents is 1. The third-order valence-electron chi connectivity index (χ3n) is 3.53. The lowest BCUT2D eigenvalue weighted by atomic mass is 10.1. The number of hydrogen-bond donors (Lipinski definition) is 0. The Labute approximate surface area is 142 Å². The van der Waals surface area contributed by atoms with E-state index in [0.717, 1.165) is 0 Å². The normalized spacial score (nSPS) is 15.8. The first-order chi connectivity index (χ1) is 11.5. The zero-order valence-corrected chi connectivity index (χ0v) is 13.4. The molecule has 0 radical (unpaired) electrons. The number of aliphatic imine (C=N–C) groups is 1. The molecule has 120 valence electrons. The number of nitrogens with zero attached hydrogens (tertiary/aromatic N) is 3. The molecule has 2 aromatic rings. The second-order valence-corrected chi connectivity index (χ2v) is 5.54. The lowest BCUT2D eigenvalue weighted by molar-refractivity contribution is -0.384. The van der Waals surface area contributed by atoms with Crippen LogP contribution in [0.2, 0.25) is 5.02 Å². The molecule has 3 rings (SSSR count). The molecule has 0 aliphatic carbocycles. The van der Waals surface area contributed by atoms with Crippen molar-refractivity contribution in [2.75, 3.05) is 4.90 Å². The third-order valence-corrected chi connectivity index (χ3v) is 3.85. The number of para-hydroxylation sites is 1. The number of amides is 1. The molecule has 0 saturated heterocycles. The number of benzene rings is 2. The Bertz CT molecular complexity index is 888. The molecule has 6 nitrogen and oxygen atoms in total. The van der Waals surface area contributed by atoms with E-state index in [2.05, 4.69) is 4.99 Å². The molecule has 0 saturated carbocycles. The molecule has 0 bridgehead atoms. The molecule has 1 aliphatic rings. The van der Waals surface area contributed by atoms with E-state index in [0.29, 0.717) is 22.1 Å². The average molecular weight is 342 g/mol. The number of carbonyl (C=O) groups is 1. The van der Waals surface area contributed by atoms with E-state index >= 15 is 0 Å².